The van der Waals surface area contributed by atoms with Crippen molar-refractivity contribution in [1.29, 1.82) is 0 Å². The fourth-order valence-corrected chi connectivity index (χ4v) is 3.18. The second kappa shape index (κ2) is 7.45. The zero-order valence-corrected chi connectivity index (χ0v) is 14.3. The van der Waals surface area contributed by atoms with Gasteiger partial charge in [-0.05, 0) is 64.1 Å². The van der Waals surface area contributed by atoms with E-state index in [4.69, 9.17) is 0 Å². The molecule has 1 heterocycles. The molecule has 4 heteroatoms. The first-order valence-corrected chi connectivity index (χ1v) is 8.32. The zero-order valence-electron chi connectivity index (χ0n) is 13.5. The van der Waals surface area contributed by atoms with Crippen LogP contribution in [0.2, 0.25) is 0 Å². The van der Waals surface area contributed by atoms with Gasteiger partial charge in [0, 0.05) is 28.7 Å². The summed E-state index contributed by atoms with van der Waals surface area (Å²) in [6, 6.07) is 14.0. The van der Waals surface area contributed by atoms with Crippen LogP contribution in [-0.2, 0) is 0 Å². The first-order chi connectivity index (χ1) is 10.5. The van der Waals surface area contributed by atoms with Gasteiger partial charge in [-0.15, -0.1) is 0 Å². The van der Waals surface area contributed by atoms with Crippen LogP contribution in [-0.4, -0.2) is 27.9 Å². The third-order valence-corrected chi connectivity index (χ3v) is 4.27. The van der Waals surface area contributed by atoms with E-state index >= 15 is 0 Å². The van der Waals surface area contributed by atoms with Gasteiger partial charge in [-0.3, -0.25) is 4.79 Å². The molecule has 0 N–H and O–H groups in total. The van der Waals surface area contributed by atoms with Crippen LogP contribution in [0.4, 0.5) is 0 Å². The van der Waals surface area contributed by atoms with Crippen molar-refractivity contribution >= 4 is 17.7 Å². The average molecular weight is 314 g/mol. The number of aromatic nitrogens is 1. The third-order valence-electron chi connectivity index (χ3n) is 3.31. The summed E-state index contributed by atoms with van der Waals surface area (Å²) < 4.78 is 0. The van der Waals surface area contributed by atoms with E-state index in [1.165, 1.54) is 0 Å². The fourth-order valence-electron chi connectivity index (χ4n) is 2.41. The van der Waals surface area contributed by atoms with Crippen LogP contribution in [0.25, 0.3) is 0 Å². The predicted molar refractivity (Wildman–Crippen MR) is 91.2 cm³/mol. The summed E-state index contributed by atoms with van der Waals surface area (Å²) in [6.45, 7) is 8.18. The molecule has 0 bridgehead atoms. The topological polar surface area (TPSA) is 33.2 Å². The Morgan fingerprint density at radius 1 is 1.00 bits per heavy atom. The maximum absolute atomic E-state index is 12.6. The first-order valence-electron chi connectivity index (χ1n) is 7.50. The predicted octanol–water partition coefficient (Wildman–Crippen LogP) is 4.49. The summed E-state index contributed by atoms with van der Waals surface area (Å²) in [5, 5.41) is 0.951. The molecule has 0 saturated carbocycles. The van der Waals surface area contributed by atoms with Crippen LogP contribution in [0.15, 0.2) is 58.6 Å². The van der Waals surface area contributed by atoms with Gasteiger partial charge in [0.25, 0.3) is 5.91 Å². The average Bonchev–Trinajstić information content (AvgIpc) is 2.48. The van der Waals surface area contributed by atoms with E-state index in [2.05, 4.69) is 4.98 Å². The van der Waals surface area contributed by atoms with E-state index in [-0.39, 0.29) is 18.0 Å². The van der Waals surface area contributed by atoms with Crippen LogP contribution in [0.3, 0.4) is 0 Å². The molecule has 3 nitrogen and oxygen atoms in total. The zero-order chi connectivity index (χ0) is 16.1. The minimum atomic E-state index is 0.0828. The number of benzene rings is 1. The molecular weight excluding hydrogens is 292 g/mol. The van der Waals surface area contributed by atoms with Crippen molar-refractivity contribution in [2.75, 3.05) is 0 Å². The van der Waals surface area contributed by atoms with Crippen molar-refractivity contribution in [1.82, 2.24) is 9.88 Å². The maximum atomic E-state index is 12.6. The summed E-state index contributed by atoms with van der Waals surface area (Å²) in [7, 11) is 0. The summed E-state index contributed by atoms with van der Waals surface area (Å²) in [5.74, 6) is 0.0828. The Kier molecular flexibility index (Phi) is 5.61. The Labute approximate surface area is 136 Å². The number of amides is 1. The van der Waals surface area contributed by atoms with Crippen LogP contribution in [0.1, 0.15) is 38.1 Å². The Morgan fingerprint density at radius 2 is 1.64 bits per heavy atom. The standard InChI is InChI=1S/C18H22N2OS/c1-13(2)20(14(3)4)18(21)15-8-10-16(11-9-15)22-17-7-5-6-12-19-17/h5-14H,1-4H3. The molecule has 0 aliphatic carbocycles. The third kappa shape index (κ3) is 4.10. The molecule has 1 aromatic carbocycles. The Morgan fingerprint density at radius 3 is 2.14 bits per heavy atom. The van der Waals surface area contributed by atoms with Gasteiger partial charge in [0.2, 0.25) is 0 Å². The van der Waals surface area contributed by atoms with Crippen molar-refractivity contribution in [2.24, 2.45) is 0 Å². The van der Waals surface area contributed by atoms with E-state index in [9.17, 15) is 4.79 Å². The van der Waals surface area contributed by atoms with Gasteiger partial charge in [-0.1, -0.05) is 17.8 Å². The Balaban J connectivity index is 2.13. The lowest BCUT2D eigenvalue weighted by molar-refractivity contribution is 0.0643. The molecule has 0 atom stereocenters. The molecule has 116 valence electrons. The number of pyridine rings is 1. The molecule has 0 unspecified atom stereocenters. The minimum Gasteiger partial charge on any atom is -0.334 e. The monoisotopic (exact) mass is 314 g/mol. The lowest BCUT2D eigenvalue weighted by atomic mass is 10.1. The van der Waals surface area contributed by atoms with E-state index < -0.39 is 0 Å². The van der Waals surface area contributed by atoms with Crippen molar-refractivity contribution in [3.63, 3.8) is 0 Å². The maximum Gasteiger partial charge on any atom is 0.254 e. The SMILES string of the molecule is CC(C)N(C(=O)c1ccc(Sc2ccccn2)cc1)C(C)C. The summed E-state index contributed by atoms with van der Waals surface area (Å²) in [6.07, 6.45) is 1.78. The van der Waals surface area contributed by atoms with Gasteiger partial charge >= 0.3 is 0 Å². The van der Waals surface area contributed by atoms with Gasteiger partial charge in [0.1, 0.15) is 5.03 Å². The Bertz CT molecular complexity index is 601. The molecule has 1 aromatic heterocycles. The summed E-state index contributed by atoms with van der Waals surface area (Å²) in [4.78, 5) is 19.9. The van der Waals surface area contributed by atoms with E-state index in [0.29, 0.717) is 0 Å². The number of carbonyl (C=O) groups excluding carboxylic acids is 1. The molecule has 1 amide bonds. The first kappa shape index (κ1) is 16.6. The van der Waals surface area contributed by atoms with Crippen molar-refractivity contribution < 1.29 is 4.79 Å². The van der Waals surface area contributed by atoms with E-state index in [0.717, 1.165) is 15.5 Å². The van der Waals surface area contributed by atoms with Gasteiger partial charge < -0.3 is 4.90 Å². The molecule has 0 aliphatic heterocycles. The highest BCUT2D eigenvalue weighted by Gasteiger charge is 2.21. The summed E-state index contributed by atoms with van der Waals surface area (Å²) in [5.41, 5.74) is 0.729. The molecule has 0 fully saturated rings. The second-order valence-corrected chi connectivity index (χ2v) is 6.79. The van der Waals surface area contributed by atoms with Crippen molar-refractivity contribution in [3.8, 4) is 0 Å². The van der Waals surface area contributed by atoms with Crippen LogP contribution in [0.5, 0.6) is 0 Å². The van der Waals surface area contributed by atoms with Gasteiger partial charge in [-0.25, -0.2) is 4.98 Å². The fraction of sp³-hybridized carbons (Fsp3) is 0.333. The number of hydrogen-bond donors (Lipinski definition) is 0. The number of carbonyl (C=O) groups is 1. The van der Waals surface area contributed by atoms with E-state index in [1.807, 2.05) is 75.1 Å². The molecule has 0 saturated heterocycles. The van der Waals surface area contributed by atoms with Gasteiger partial charge in [-0.2, -0.15) is 0 Å². The minimum absolute atomic E-state index is 0.0828. The molecule has 0 radical (unpaired) electrons. The quantitative estimate of drug-likeness (QED) is 0.815. The molecular formula is C18H22N2OS. The lowest BCUT2D eigenvalue weighted by Crippen LogP contribution is -2.42. The highest BCUT2D eigenvalue weighted by atomic mass is 32.2. The normalized spacial score (nSPS) is 11.0. The Hall–Kier alpha value is -1.81. The number of nitrogens with zero attached hydrogens (tertiary/aromatic N) is 2. The highest BCUT2D eigenvalue weighted by molar-refractivity contribution is 7.99. The summed E-state index contributed by atoms with van der Waals surface area (Å²) >= 11 is 1.59. The number of rotatable bonds is 5. The van der Waals surface area contributed by atoms with Crippen molar-refractivity contribution in [3.05, 3.63) is 54.2 Å². The largest absolute Gasteiger partial charge is 0.334 e. The van der Waals surface area contributed by atoms with Crippen LogP contribution in [0, 0.1) is 0 Å². The van der Waals surface area contributed by atoms with Crippen LogP contribution < -0.4 is 0 Å². The van der Waals surface area contributed by atoms with Crippen LogP contribution >= 0.6 is 11.8 Å². The highest BCUT2D eigenvalue weighted by Crippen LogP contribution is 2.26. The molecule has 22 heavy (non-hydrogen) atoms. The molecule has 2 rings (SSSR count). The lowest BCUT2D eigenvalue weighted by Gasteiger charge is -2.30. The smallest absolute Gasteiger partial charge is 0.254 e. The second-order valence-electron chi connectivity index (χ2n) is 5.69. The molecule has 0 aliphatic rings. The molecule has 2 aromatic rings. The van der Waals surface area contributed by atoms with E-state index in [1.54, 1.807) is 18.0 Å². The molecule has 0 spiro atoms. The number of hydrogen-bond acceptors (Lipinski definition) is 3. The van der Waals surface area contributed by atoms with Gasteiger partial charge in [0.15, 0.2) is 0 Å². The van der Waals surface area contributed by atoms with Gasteiger partial charge in [0.05, 0.1) is 0 Å². The van der Waals surface area contributed by atoms with Crippen molar-refractivity contribution in [2.45, 2.75) is 49.7 Å².